The highest BCUT2D eigenvalue weighted by Crippen LogP contribution is 2.03. The topological polar surface area (TPSA) is 80.7 Å². The fourth-order valence-corrected chi connectivity index (χ4v) is 1.17. The SMILES string of the molecule is CN(CCC(=O)ONN)Cc1ccoc1. The van der Waals surface area contributed by atoms with E-state index in [-0.39, 0.29) is 5.97 Å². The Morgan fingerprint density at radius 3 is 3.13 bits per heavy atom. The standard InChI is InChI=1S/C9H15N3O3/c1-12(4-2-9(13)15-11-10)6-8-3-5-14-7-8/h3,5,7,11H,2,4,6,10H2,1H3. The molecule has 0 aliphatic heterocycles. The molecule has 0 saturated carbocycles. The molecule has 0 atom stereocenters. The number of nitrogens with two attached hydrogens (primary N) is 1. The molecular weight excluding hydrogens is 198 g/mol. The first kappa shape index (κ1) is 11.7. The van der Waals surface area contributed by atoms with Crippen molar-refractivity contribution in [3.05, 3.63) is 24.2 Å². The van der Waals surface area contributed by atoms with E-state index in [1.807, 2.05) is 23.6 Å². The molecule has 0 spiro atoms. The third kappa shape index (κ3) is 4.59. The Labute approximate surface area is 87.9 Å². The maximum Gasteiger partial charge on any atom is 0.327 e. The number of nitrogens with one attached hydrogen (secondary N) is 1. The first-order valence-corrected chi connectivity index (χ1v) is 4.57. The predicted octanol–water partition coefficient (Wildman–Crippen LogP) is 0.0230. The molecule has 3 N–H and O–H groups in total. The van der Waals surface area contributed by atoms with Gasteiger partial charge in [0, 0.05) is 18.7 Å². The third-order valence-corrected chi connectivity index (χ3v) is 1.90. The van der Waals surface area contributed by atoms with Crippen LogP contribution in [0.4, 0.5) is 0 Å². The lowest BCUT2D eigenvalue weighted by atomic mass is 10.3. The van der Waals surface area contributed by atoms with Gasteiger partial charge >= 0.3 is 5.97 Å². The minimum Gasteiger partial charge on any atom is -0.472 e. The van der Waals surface area contributed by atoms with Crippen LogP contribution in [-0.4, -0.2) is 24.5 Å². The van der Waals surface area contributed by atoms with Crippen molar-refractivity contribution in [1.82, 2.24) is 10.5 Å². The molecule has 0 bridgehead atoms. The molecule has 0 radical (unpaired) electrons. The minimum atomic E-state index is -0.378. The summed E-state index contributed by atoms with van der Waals surface area (Å²) in [4.78, 5) is 17.3. The first-order chi connectivity index (χ1) is 7.22. The quantitative estimate of drug-likeness (QED) is 0.512. The van der Waals surface area contributed by atoms with Crippen LogP contribution in [0, 0.1) is 0 Å². The van der Waals surface area contributed by atoms with Crippen molar-refractivity contribution in [2.75, 3.05) is 13.6 Å². The van der Waals surface area contributed by atoms with E-state index in [0.29, 0.717) is 13.0 Å². The van der Waals surface area contributed by atoms with Crippen molar-refractivity contribution in [3.8, 4) is 0 Å². The van der Waals surface area contributed by atoms with Gasteiger partial charge < -0.3 is 14.2 Å². The number of rotatable bonds is 6. The molecule has 0 aliphatic carbocycles. The van der Waals surface area contributed by atoms with E-state index in [1.54, 1.807) is 12.5 Å². The lowest BCUT2D eigenvalue weighted by Gasteiger charge is -2.14. The summed E-state index contributed by atoms with van der Waals surface area (Å²) >= 11 is 0. The zero-order valence-electron chi connectivity index (χ0n) is 8.60. The van der Waals surface area contributed by atoms with Crippen LogP contribution in [0.5, 0.6) is 0 Å². The van der Waals surface area contributed by atoms with Crippen molar-refractivity contribution in [3.63, 3.8) is 0 Å². The normalized spacial score (nSPS) is 10.6. The van der Waals surface area contributed by atoms with Gasteiger partial charge in [0.15, 0.2) is 0 Å². The summed E-state index contributed by atoms with van der Waals surface area (Å²) in [6.45, 7) is 1.34. The number of hydrazine groups is 1. The summed E-state index contributed by atoms with van der Waals surface area (Å²) in [7, 11) is 1.91. The van der Waals surface area contributed by atoms with Crippen molar-refractivity contribution >= 4 is 5.97 Å². The first-order valence-electron chi connectivity index (χ1n) is 4.57. The molecular formula is C9H15N3O3. The molecule has 84 valence electrons. The predicted molar refractivity (Wildman–Crippen MR) is 53.1 cm³/mol. The van der Waals surface area contributed by atoms with Gasteiger partial charge in [-0.1, -0.05) is 5.59 Å². The average Bonchev–Trinajstić information content (AvgIpc) is 2.68. The van der Waals surface area contributed by atoms with Crippen LogP contribution < -0.4 is 11.4 Å². The third-order valence-electron chi connectivity index (χ3n) is 1.90. The van der Waals surface area contributed by atoms with Gasteiger partial charge in [0.2, 0.25) is 0 Å². The Morgan fingerprint density at radius 2 is 2.53 bits per heavy atom. The van der Waals surface area contributed by atoms with Crippen molar-refractivity contribution < 1.29 is 14.0 Å². The van der Waals surface area contributed by atoms with Crippen LogP contribution in [-0.2, 0) is 16.2 Å². The lowest BCUT2D eigenvalue weighted by Crippen LogP contribution is -2.29. The molecule has 1 aromatic rings. The van der Waals surface area contributed by atoms with E-state index in [0.717, 1.165) is 12.1 Å². The highest BCUT2D eigenvalue weighted by atomic mass is 16.7. The summed E-state index contributed by atoms with van der Waals surface area (Å²) in [5, 5.41) is 0. The number of carbonyl (C=O) groups excluding carboxylic acids is 1. The second-order valence-electron chi connectivity index (χ2n) is 3.21. The van der Waals surface area contributed by atoms with E-state index < -0.39 is 0 Å². The maximum atomic E-state index is 10.9. The highest BCUT2D eigenvalue weighted by Gasteiger charge is 2.06. The molecule has 0 amide bonds. The van der Waals surface area contributed by atoms with Crippen molar-refractivity contribution in [2.24, 2.45) is 5.84 Å². The Kier molecular flexibility index (Phi) is 4.82. The van der Waals surface area contributed by atoms with Crippen LogP contribution in [0.1, 0.15) is 12.0 Å². The van der Waals surface area contributed by atoms with Crippen molar-refractivity contribution in [1.29, 1.82) is 0 Å². The summed E-state index contributed by atoms with van der Waals surface area (Å²) < 4.78 is 4.93. The zero-order chi connectivity index (χ0) is 11.1. The number of nitrogens with zero attached hydrogens (tertiary/aromatic N) is 1. The average molecular weight is 213 g/mol. The van der Waals surface area contributed by atoms with Crippen LogP contribution in [0.3, 0.4) is 0 Å². The van der Waals surface area contributed by atoms with E-state index >= 15 is 0 Å². The molecule has 6 heteroatoms. The van der Waals surface area contributed by atoms with Crippen LogP contribution in [0.15, 0.2) is 23.0 Å². The fourth-order valence-electron chi connectivity index (χ4n) is 1.17. The Balaban J connectivity index is 2.19. The summed E-state index contributed by atoms with van der Waals surface area (Å²) in [6.07, 6.45) is 3.59. The van der Waals surface area contributed by atoms with E-state index in [9.17, 15) is 4.79 Å². The fraction of sp³-hybridized carbons (Fsp3) is 0.444. The van der Waals surface area contributed by atoms with Gasteiger partial charge in [-0.2, -0.15) is 0 Å². The highest BCUT2D eigenvalue weighted by molar-refractivity contribution is 5.69. The summed E-state index contributed by atoms with van der Waals surface area (Å²) in [5.74, 6) is 4.45. The molecule has 0 fully saturated rings. The van der Waals surface area contributed by atoms with E-state index in [4.69, 9.17) is 10.3 Å². The maximum absolute atomic E-state index is 10.9. The second-order valence-corrected chi connectivity index (χ2v) is 3.21. The van der Waals surface area contributed by atoms with Gasteiger partial charge in [-0.05, 0) is 13.1 Å². The molecule has 1 aromatic heterocycles. The largest absolute Gasteiger partial charge is 0.472 e. The second kappa shape index (κ2) is 6.18. The number of hydrogen-bond acceptors (Lipinski definition) is 6. The molecule has 15 heavy (non-hydrogen) atoms. The lowest BCUT2D eigenvalue weighted by molar-refractivity contribution is -0.151. The summed E-state index contributed by atoms with van der Waals surface area (Å²) in [5.41, 5.74) is 2.93. The van der Waals surface area contributed by atoms with E-state index in [2.05, 4.69) is 4.84 Å². The van der Waals surface area contributed by atoms with Gasteiger partial charge in [0.25, 0.3) is 0 Å². The van der Waals surface area contributed by atoms with Gasteiger partial charge in [-0.3, -0.25) is 4.79 Å². The van der Waals surface area contributed by atoms with Gasteiger partial charge in [-0.25, -0.2) is 5.84 Å². The Bertz CT molecular complexity index is 287. The van der Waals surface area contributed by atoms with Gasteiger partial charge in [-0.15, -0.1) is 0 Å². The van der Waals surface area contributed by atoms with Crippen LogP contribution in [0.25, 0.3) is 0 Å². The molecule has 0 saturated heterocycles. The Hall–Kier alpha value is -1.37. The molecule has 1 rings (SSSR count). The number of furan rings is 1. The number of hydrogen-bond donors (Lipinski definition) is 2. The Morgan fingerprint density at radius 1 is 1.73 bits per heavy atom. The van der Waals surface area contributed by atoms with Crippen LogP contribution >= 0.6 is 0 Å². The number of carbonyl (C=O) groups is 1. The molecule has 6 nitrogen and oxygen atoms in total. The molecule has 1 heterocycles. The van der Waals surface area contributed by atoms with Crippen LogP contribution in [0.2, 0.25) is 0 Å². The minimum absolute atomic E-state index is 0.290. The van der Waals surface area contributed by atoms with Gasteiger partial charge in [0.1, 0.15) is 0 Å². The molecule has 0 unspecified atom stereocenters. The monoisotopic (exact) mass is 213 g/mol. The zero-order valence-corrected chi connectivity index (χ0v) is 8.60. The smallest absolute Gasteiger partial charge is 0.327 e. The van der Waals surface area contributed by atoms with Gasteiger partial charge in [0.05, 0.1) is 18.9 Å². The summed E-state index contributed by atoms with van der Waals surface area (Å²) in [6, 6.07) is 1.89. The molecule has 0 aliphatic rings. The molecule has 0 aromatic carbocycles. The van der Waals surface area contributed by atoms with Crippen molar-refractivity contribution in [2.45, 2.75) is 13.0 Å². The van der Waals surface area contributed by atoms with E-state index in [1.165, 1.54) is 0 Å².